The Balaban J connectivity index is 1.85. The fourth-order valence-electron chi connectivity index (χ4n) is 2.41. The van der Waals surface area contributed by atoms with E-state index in [1.807, 2.05) is 0 Å². The lowest BCUT2D eigenvalue weighted by Crippen LogP contribution is -2.24. The van der Waals surface area contributed by atoms with Crippen LogP contribution in [0, 0.1) is 0 Å². The van der Waals surface area contributed by atoms with Crippen molar-refractivity contribution in [1.82, 2.24) is 10.1 Å². The molecule has 20 heavy (non-hydrogen) atoms. The van der Waals surface area contributed by atoms with Gasteiger partial charge in [-0.3, -0.25) is 0 Å². The van der Waals surface area contributed by atoms with Gasteiger partial charge in [-0.05, 0) is 36.2 Å². The van der Waals surface area contributed by atoms with E-state index in [1.54, 1.807) is 12.1 Å². The van der Waals surface area contributed by atoms with Gasteiger partial charge in [0.05, 0.1) is 5.56 Å². The van der Waals surface area contributed by atoms with Crippen LogP contribution in [-0.4, -0.2) is 28.3 Å². The number of rotatable bonds is 2. The van der Waals surface area contributed by atoms with Crippen LogP contribution in [0.3, 0.4) is 0 Å². The summed E-state index contributed by atoms with van der Waals surface area (Å²) in [6.07, 6.45) is 4.80. The molecule has 1 N–H and O–H groups in total. The quantitative estimate of drug-likeness (QED) is 0.918. The first-order valence-corrected chi connectivity index (χ1v) is 7.19. The maximum Gasteiger partial charge on any atom is 0.266 e. The minimum absolute atomic E-state index is 0.0450. The molecule has 6 heteroatoms. The minimum atomic E-state index is 0.0450. The molecule has 1 saturated heterocycles. The van der Waals surface area contributed by atoms with Crippen molar-refractivity contribution in [3.05, 3.63) is 23.2 Å². The van der Waals surface area contributed by atoms with E-state index in [-0.39, 0.29) is 5.75 Å². The highest BCUT2D eigenvalue weighted by molar-refractivity contribution is 6.30. The van der Waals surface area contributed by atoms with Gasteiger partial charge in [0.1, 0.15) is 5.75 Å². The van der Waals surface area contributed by atoms with E-state index in [0.29, 0.717) is 22.4 Å². The van der Waals surface area contributed by atoms with Gasteiger partial charge in [0, 0.05) is 18.1 Å². The third-order valence-electron chi connectivity index (χ3n) is 3.49. The van der Waals surface area contributed by atoms with Crippen LogP contribution in [0.1, 0.15) is 25.7 Å². The molecule has 0 bridgehead atoms. The topological polar surface area (TPSA) is 62.4 Å². The summed E-state index contributed by atoms with van der Waals surface area (Å²) in [4.78, 5) is 6.51. The smallest absolute Gasteiger partial charge is 0.266 e. The second-order valence-corrected chi connectivity index (χ2v) is 5.40. The summed E-state index contributed by atoms with van der Waals surface area (Å²) in [5.74, 6) is 0.957. The average molecular weight is 294 g/mol. The van der Waals surface area contributed by atoms with Gasteiger partial charge in [-0.1, -0.05) is 24.4 Å². The number of hydrogen-bond acceptors (Lipinski definition) is 5. The molecule has 0 unspecified atom stereocenters. The number of nitrogens with zero attached hydrogens (tertiary/aromatic N) is 3. The van der Waals surface area contributed by atoms with Crippen molar-refractivity contribution in [2.24, 2.45) is 0 Å². The number of benzene rings is 1. The van der Waals surface area contributed by atoms with Gasteiger partial charge in [0.15, 0.2) is 0 Å². The second-order valence-electron chi connectivity index (χ2n) is 4.96. The molecule has 2 heterocycles. The summed E-state index contributed by atoms with van der Waals surface area (Å²) in [6, 6.07) is 4.83. The zero-order chi connectivity index (χ0) is 13.9. The Kier molecular flexibility index (Phi) is 3.78. The number of hydrogen-bond donors (Lipinski definition) is 1. The first kappa shape index (κ1) is 13.2. The van der Waals surface area contributed by atoms with E-state index in [9.17, 15) is 5.11 Å². The fourth-order valence-corrected chi connectivity index (χ4v) is 2.58. The molecule has 0 aliphatic carbocycles. The largest absolute Gasteiger partial charge is 0.507 e. The van der Waals surface area contributed by atoms with Crippen LogP contribution in [-0.2, 0) is 0 Å². The highest BCUT2D eigenvalue weighted by atomic mass is 35.5. The van der Waals surface area contributed by atoms with E-state index in [2.05, 4.69) is 15.0 Å². The summed E-state index contributed by atoms with van der Waals surface area (Å²) in [7, 11) is 0. The first-order chi connectivity index (χ1) is 9.74. The molecule has 0 atom stereocenters. The Bertz CT molecular complexity index is 592. The Morgan fingerprint density at radius 3 is 2.60 bits per heavy atom. The van der Waals surface area contributed by atoms with Crippen molar-refractivity contribution in [2.75, 3.05) is 18.0 Å². The predicted octanol–water partition coefficient (Wildman–Crippen LogP) is 3.48. The summed E-state index contributed by atoms with van der Waals surface area (Å²) < 4.78 is 5.26. The van der Waals surface area contributed by atoms with E-state index in [4.69, 9.17) is 16.1 Å². The summed E-state index contributed by atoms with van der Waals surface area (Å²) in [6.45, 7) is 1.90. The number of aromatic hydroxyl groups is 1. The molecule has 2 aromatic rings. The van der Waals surface area contributed by atoms with E-state index < -0.39 is 0 Å². The lowest BCUT2D eigenvalue weighted by Gasteiger charge is -2.16. The average Bonchev–Trinajstić information content (AvgIpc) is 2.74. The number of halogens is 1. The fraction of sp³-hybridized carbons (Fsp3) is 0.429. The Morgan fingerprint density at radius 2 is 1.90 bits per heavy atom. The molecule has 1 aliphatic heterocycles. The first-order valence-electron chi connectivity index (χ1n) is 6.81. The SMILES string of the molecule is Oc1cc(Cl)ccc1-c1nc(N2CCCCCC2)no1. The van der Waals surface area contributed by atoms with Gasteiger partial charge >= 0.3 is 0 Å². The molecule has 0 spiro atoms. The second kappa shape index (κ2) is 5.71. The standard InChI is InChI=1S/C14H16ClN3O2/c15-10-5-6-11(12(19)9-10)13-16-14(17-20-13)18-7-3-1-2-4-8-18/h5-6,9,19H,1-4,7-8H2. The van der Waals surface area contributed by atoms with Crippen molar-refractivity contribution in [2.45, 2.75) is 25.7 Å². The maximum absolute atomic E-state index is 9.88. The van der Waals surface area contributed by atoms with E-state index in [0.717, 1.165) is 25.9 Å². The zero-order valence-corrected chi connectivity index (χ0v) is 11.8. The maximum atomic E-state index is 9.88. The number of phenolic OH excluding ortho intramolecular Hbond substituents is 1. The molecule has 1 aromatic carbocycles. The van der Waals surface area contributed by atoms with Crippen LogP contribution in [0.15, 0.2) is 22.7 Å². The lowest BCUT2D eigenvalue weighted by molar-refractivity contribution is 0.423. The molecular formula is C14H16ClN3O2. The number of anilines is 1. The van der Waals surface area contributed by atoms with Crippen molar-refractivity contribution < 1.29 is 9.63 Å². The van der Waals surface area contributed by atoms with Crippen LogP contribution in [0.4, 0.5) is 5.95 Å². The molecule has 0 radical (unpaired) electrons. The highest BCUT2D eigenvalue weighted by Crippen LogP contribution is 2.31. The van der Waals surface area contributed by atoms with Crippen molar-refractivity contribution in [1.29, 1.82) is 0 Å². The number of aromatic nitrogens is 2. The summed E-state index contributed by atoms with van der Waals surface area (Å²) in [5, 5.41) is 14.4. The third-order valence-corrected chi connectivity index (χ3v) is 3.73. The molecular weight excluding hydrogens is 278 g/mol. The molecule has 0 saturated carbocycles. The molecule has 0 amide bonds. The van der Waals surface area contributed by atoms with Gasteiger partial charge in [0.25, 0.3) is 11.8 Å². The van der Waals surface area contributed by atoms with E-state index in [1.165, 1.54) is 18.9 Å². The van der Waals surface area contributed by atoms with Gasteiger partial charge in [-0.15, -0.1) is 0 Å². The predicted molar refractivity (Wildman–Crippen MR) is 77.1 cm³/mol. The lowest BCUT2D eigenvalue weighted by atomic mass is 10.2. The molecule has 1 aromatic heterocycles. The van der Waals surface area contributed by atoms with Gasteiger partial charge in [0.2, 0.25) is 0 Å². The van der Waals surface area contributed by atoms with Crippen molar-refractivity contribution in [3.8, 4) is 17.2 Å². The van der Waals surface area contributed by atoms with Gasteiger partial charge in [-0.25, -0.2) is 0 Å². The highest BCUT2D eigenvalue weighted by Gasteiger charge is 2.18. The zero-order valence-electron chi connectivity index (χ0n) is 11.0. The third kappa shape index (κ3) is 2.72. The Morgan fingerprint density at radius 1 is 1.15 bits per heavy atom. The van der Waals surface area contributed by atoms with Crippen molar-refractivity contribution in [3.63, 3.8) is 0 Å². The van der Waals surface area contributed by atoms with Crippen LogP contribution in [0.5, 0.6) is 5.75 Å². The molecule has 3 rings (SSSR count). The summed E-state index contributed by atoms with van der Waals surface area (Å²) in [5.41, 5.74) is 0.503. The van der Waals surface area contributed by atoms with Crippen molar-refractivity contribution >= 4 is 17.5 Å². The number of phenols is 1. The summed E-state index contributed by atoms with van der Waals surface area (Å²) >= 11 is 5.81. The van der Waals surface area contributed by atoms with Crippen LogP contribution in [0.2, 0.25) is 5.02 Å². The normalized spacial score (nSPS) is 16.1. The monoisotopic (exact) mass is 293 g/mol. The molecule has 1 aliphatic rings. The molecule has 106 valence electrons. The Labute approximate surface area is 122 Å². The van der Waals surface area contributed by atoms with Crippen LogP contribution < -0.4 is 4.90 Å². The van der Waals surface area contributed by atoms with Gasteiger partial charge < -0.3 is 14.5 Å². The molecule has 1 fully saturated rings. The van der Waals surface area contributed by atoms with Crippen LogP contribution >= 0.6 is 11.6 Å². The van der Waals surface area contributed by atoms with E-state index >= 15 is 0 Å². The minimum Gasteiger partial charge on any atom is -0.507 e. The van der Waals surface area contributed by atoms with Crippen LogP contribution in [0.25, 0.3) is 11.5 Å². The Hall–Kier alpha value is -1.75. The molecule has 5 nitrogen and oxygen atoms in total. The van der Waals surface area contributed by atoms with Gasteiger partial charge in [-0.2, -0.15) is 4.98 Å².